The Morgan fingerprint density at radius 1 is 1.07 bits per heavy atom. The fourth-order valence-electron chi connectivity index (χ4n) is 3.23. The Kier molecular flexibility index (Phi) is 4.79. The first-order valence-electron chi connectivity index (χ1n) is 8.84. The standard InChI is InChI=1S/C20H18N4O3S/c25-20(23-19-10-11-21-14-22-19)16-6-3-8-17(13-16)28(26,27)24-12-4-7-15-5-1-2-9-18(15)24/h1-3,5-6,8-11,13-14H,4,7,12H2,(H,21,22,23,25). The van der Waals surface area contributed by atoms with Crippen molar-refractivity contribution in [3.63, 3.8) is 0 Å². The molecule has 1 N–H and O–H groups in total. The summed E-state index contributed by atoms with van der Waals surface area (Å²) in [5.74, 6) is -0.0898. The normalized spacial score (nSPS) is 13.6. The second kappa shape index (κ2) is 7.40. The maximum atomic E-state index is 13.3. The third-order valence-corrected chi connectivity index (χ3v) is 6.38. The zero-order chi connectivity index (χ0) is 19.6. The summed E-state index contributed by atoms with van der Waals surface area (Å²) >= 11 is 0. The lowest BCUT2D eigenvalue weighted by Crippen LogP contribution is -2.35. The zero-order valence-corrected chi connectivity index (χ0v) is 15.8. The largest absolute Gasteiger partial charge is 0.306 e. The third-order valence-electron chi connectivity index (χ3n) is 4.58. The minimum absolute atomic E-state index is 0.0829. The molecule has 8 heteroatoms. The number of aryl methyl sites for hydroxylation is 1. The van der Waals surface area contributed by atoms with Gasteiger partial charge in [-0.25, -0.2) is 18.4 Å². The molecule has 0 saturated heterocycles. The number of hydrogen-bond acceptors (Lipinski definition) is 5. The molecule has 0 spiro atoms. The van der Waals surface area contributed by atoms with Crippen LogP contribution in [0.2, 0.25) is 0 Å². The van der Waals surface area contributed by atoms with Crippen LogP contribution in [0.25, 0.3) is 0 Å². The highest BCUT2D eigenvalue weighted by molar-refractivity contribution is 7.92. The van der Waals surface area contributed by atoms with Gasteiger partial charge in [0, 0.05) is 18.3 Å². The summed E-state index contributed by atoms with van der Waals surface area (Å²) in [7, 11) is -3.78. The van der Waals surface area contributed by atoms with E-state index in [9.17, 15) is 13.2 Å². The number of para-hydroxylation sites is 1. The van der Waals surface area contributed by atoms with Crippen LogP contribution >= 0.6 is 0 Å². The van der Waals surface area contributed by atoms with E-state index < -0.39 is 15.9 Å². The Hall–Kier alpha value is -3.26. The highest BCUT2D eigenvalue weighted by Gasteiger charge is 2.29. The molecule has 1 aliphatic heterocycles. The molecule has 1 aliphatic rings. The maximum absolute atomic E-state index is 13.3. The number of amides is 1. The average Bonchev–Trinajstić information content (AvgIpc) is 2.74. The third kappa shape index (κ3) is 3.46. The van der Waals surface area contributed by atoms with Gasteiger partial charge in [-0.15, -0.1) is 0 Å². The van der Waals surface area contributed by atoms with Crippen LogP contribution in [-0.2, 0) is 16.4 Å². The molecule has 0 unspecified atom stereocenters. The Morgan fingerprint density at radius 2 is 1.93 bits per heavy atom. The van der Waals surface area contributed by atoms with Crippen molar-refractivity contribution in [2.24, 2.45) is 0 Å². The highest BCUT2D eigenvalue weighted by Crippen LogP contribution is 2.31. The predicted octanol–water partition coefficient (Wildman–Crippen LogP) is 2.87. The number of sulfonamides is 1. The van der Waals surface area contributed by atoms with E-state index in [0.717, 1.165) is 18.4 Å². The van der Waals surface area contributed by atoms with Gasteiger partial charge >= 0.3 is 0 Å². The molecule has 142 valence electrons. The lowest BCUT2D eigenvalue weighted by Gasteiger charge is -2.30. The maximum Gasteiger partial charge on any atom is 0.264 e. The Morgan fingerprint density at radius 3 is 2.75 bits per heavy atom. The zero-order valence-electron chi connectivity index (χ0n) is 14.9. The van der Waals surface area contributed by atoms with Crippen molar-refractivity contribution < 1.29 is 13.2 Å². The van der Waals surface area contributed by atoms with Crippen molar-refractivity contribution in [1.29, 1.82) is 0 Å². The van der Waals surface area contributed by atoms with Crippen molar-refractivity contribution in [2.45, 2.75) is 17.7 Å². The van der Waals surface area contributed by atoms with Gasteiger partial charge in [0.25, 0.3) is 15.9 Å². The van der Waals surface area contributed by atoms with Gasteiger partial charge in [-0.2, -0.15) is 0 Å². The summed E-state index contributed by atoms with van der Waals surface area (Å²) in [4.78, 5) is 20.3. The first kappa shape index (κ1) is 18.1. The van der Waals surface area contributed by atoms with Crippen molar-refractivity contribution in [3.8, 4) is 0 Å². The van der Waals surface area contributed by atoms with Crippen LogP contribution in [0.4, 0.5) is 11.5 Å². The lowest BCUT2D eigenvalue weighted by atomic mass is 10.0. The fourth-order valence-corrected chi connectivity index (χ4v) is 4.81. The van der Waals surface area contributed by atoms with Crippen LogP contribution in [-0.4, -0.2) is 30.8 Å². The number of anilines is 2. The van der Waals surface area contributed by atoms with E-state index in [1.807, 2.05) is 24.3 Å². The Balaban J connectivity index is 1.65. The molecule has 0 bridgehead atoms. The second-order valence-electron chi connectivity index (χ2n) is 6.39. The number of hydrogen-bond donors (Lipinski definition) is 1. The summed E-state index contributed by atoms with van der Waals surface area (Å²) in [6.07, 6.45) is 4.44. The summed E-state index contributed by atoms with van der Waals surface area (Å²) in [5, 5.41) is 2.63. The van der Waals surface area contributed by atoms with Crippen LogP contribution in [0, 0.1) is 0 Å². The fraction of sp³-hybridized carbons (Fsp3) is 0.150. The number of carbonyl (C=O) groups is 1. The van der Waals surface area contributed by atoms with Gasteiger partial charge in [0.1, 0.15) is 12.1 Å². The van der Waals surface area contributed by atoms with Crippen molar-refractivity contribution in [3.05, 3.63) is 78.2 Å². The number of carbonyl (C=O) groups excluding carboxylic acids is 1. The Bertz CT molecular complexity index is 1120. The molecule has 0 fully saturated rings. The van der Waals surface area contributed by atoms with Gasteiger partial charge in [0.05, 0.1) is 10.6 Å². The van der Waals surface area contributed by atoms with E-state index in [1.54, 1.807) is 18.2 Å². The van der Waals surface area contributed by atoms with Crippen LogP contribution in [0.3, 0.4) is 0 Å². The molecule has 3 aromatic rings. The van der Waals surface area contributed by atoms with Crippen LogP contribution < -0.4 is 9.62 Å². The van der Waals surface area contributed by atoms with Gasteiger partial charge in [0.15, 0.2) is 0 Å². The van der Waals surface area contributed by atoms with Gasteiger partial charge in [-0.05, 0) is 48.7 Å². The topological polar surface area (TPSA) is 92.3 Å². The molecule has 2 aromatic carbocycles. The molecule has 1 amide bonds. The first-order chi connectivity index (χ1) is 13.6. The molecule has 0 atom stereocenters. The van der Waals surface area contributed by atoms with Gasteiger partial charge in [-0.3, -0.25) is 9.10 Å². The molecule has 0 radical (unpaired) electrons. The van der Waals surface area contributed by atoms with Crippen molar-refractivity contribution in [1.82, 2.24) is 9.97 Å². The van der Waals surface area contributed by atoms with E-state index in [-0.39, 0.29) is 10.5 Å². The number of aromatic nitrogens is 2. The number of rotatable bonds is 4. The summed E-state index contributed by atoms with van der Waals surface area (Å²) < 4.78 is 27.9. The van der Waals surface area contributed by atoms with Gasteiger partial charge in [-0.1, -0.05) is 24.3 Å². The number of nitrogens with zero attached hydrogens (tertiary/aromatic N) is 3. The van der Waals surface area contributed by atoms with Crippen LogP contribution in [0.15, 0.2) is 72.0 Å². The number of benzene rings is 2. The highest BCUT2D eigenvalue weighted by atomic mass is 32.2. The van der Waals surface area contributed by atoms with Crippen molar-refractivity contribution >= 4 is 27.4 Å². The quantitative estimate of drug-likeness (QED) is 0.735. The summed E-state index contributed by atoms with van der Waals surface area (Å²) in [6, 6.07) is 15.1. The predicted molar refractivity (Wildman–Crippen MR) is 106 cm³/mol. The minimum atomic E-state index is -3.78. The molecule has 2 heterocycles. The monoisotopic (exact) mass is 394 g/mol. The van der Waals surface area contributed by atoms with Gasteiger partial charge in [0.2, 0.25) is 0 Å². The molecule has 28 heavy (non-hydrogen) atoms. The average molecular weight is 394 g/mol. The molecular weight excluding hydrogens is 376 g/mol. The van der Waals surface area contributed by atoms with E-state index in [1.165, 1.54) is 29.0 Å². The second-order valence-corrected chi connectivity index (χ2v) is 8.25. The number of fused-ring (bicyclic) bond motifs is 1. The SMILES string of the molecule is O=C(Nc1ccncn1)c1cccc(S(=O)(=O)N2CCCc3ccccc32)c1. The van der Waals surface area contributed by atoms with E-state index in [4.69, 9.17) is 0 Å². The Labute approximate surface area is 163 Å². The molecule has 0 aliphatic carbocycles. The molecule has 4 rings (SSSR count). The molecular formula is C20H18N4O3S. The van der Waals surface area contributed by atoms with Crippen molar-refractivity contribution in [2.75, 3.05) is 16.2 Å². The van der Waals surface area contributed by atoms with E-state index >= 15 is 0 Å². The molecule has 0 saturated carbocycles. The van der Waals surface area contributed by atoms with Gasteiger partial charge < -0.3 is 5.32 Å². The summed E-state index contributed by atoms with van der Waals surface area (Å²) in [6.45, 7) is 0.413. The summed E-state index contributed by atoms with van der Waals surface area (Å²) in [5.41, 5.74) is 1.95. The lowest BCUT2D eigenvalue weighted by molar-refractivity contribution is 0.102. The van der Waals surface area contributed by atoms with E-state index in [0.29, 0.717) is 18.1 Å². The molecule has 7 nitrogen and oxygen atoms in total. The number of nitrogens with one attached hydrogen (secondary N) is 1. The first-order valence-corrected chi connectivity index (χ1v) is 10.3. The van der Waals surface area contributed by atoms with E-state index in [2.05, 4.69) is 15.3 Å². The van der Waals surface area contributed by atoms with Crippen LogP contribution in [0.1, 0.15) is 22.3 Å². The minimum Gasteiger partial charge on any atom is -0.306 e. The molecule has 1 aromatic heterocycles. The smallest absolute Gasteiger partial charge is 0.264 e. The van der Waals surface area contributed by atoms with Crippen LogP contribution in [0.5, 0.6) is 0 Å².